The molecule has 0 saturated carbocycles. The van der Waals surface area contributed by atoms with Crippen molar-refractivity contribution in [3.63, 3.8) is 0 Å². The van der Waals surface area contributed by atoms with Gasteiger partial charge in [0, 0.05) is 6.08 Å². The van der Waals surface area contributed by atoms with Crippen molar-refractivity contribution in [3.8, 4) is 0 Å². The molecular weight excluding hydrogens is 212 g/mol. The maximum Gasteiger partial charge on any atom is 0.381 e. The van der Waals surface area contributed by atoms with Gasteiger partial charge in [0.15, 0.2) is 0 Å². The highest BCUT2D eigenvalue weighted by molar-refractivity contribution is 5.92. The van der Waals surface area contributed by atoms with E-state index in [1.54, 1.807) is 10.7 Å². The molecule has 1 heterocycles. The topological polar surface area (TPSA) is 62.0 Å². The molecular formula is C10H15N2O4+. The maximum atomic E-state index is 11.5. The summed E-state index contributed by atoms with van der Waals surface area (Å²) in [5.41, 5.74) is 0.228. The fourth-order valence-electron chi connectivity index (χ4n) is 1.39. The summed E-state index contributed by atoms with van der Waals surface area (Å²) >= 11 is 0. The van der Waals surface area contributed by atoms with E-state index in [0.717, 1.165) is 5.06 Å². The molecule has 0 saturated heterocycles. The number of ether oxygens (including phenoxy) is 2. The van der Waals surface area contributed by atoms with Gasteiger partial charge >= 0.3 is 11.8 Å². The first-order chi connectivity index (χ1) is 7.61. The lowest BCUT2D eigenvalue weighted by Crippen LogP contribution is -2.31. The van der Waals surface area contributed by atoms with Gasteiger partial charge in [-0.05, 0) is 6.08 Å². The second-order valence-corrected chi connectivity index (χ2v) is 3.13. The van der Waals surface area contributed by atoms with Gasteiger partial charge in [-0.2, -0.15) is 0 Å². The number of likely N-dealkylation sites (N-methyl/N-ethyl adjacent to an activating group) is 1. The Morgan fingerprint density at radius 1 is 1.62 bits per heavy atom. The summed E-state index contributed by atoms with van der Waals surface area (Å²) in [5, 5.41) is 10.3. The van der Waals surface area contributed by atoms with Gasteiger partial charge in [-0.3, -0.25) is 0 Å². The van der Waals surface area contributed by atoms with E-state index in [9.17, 15) is 10.0 Å². The highest BCUT2D eigenvalue weighted by Crippen LogP contribution is 2.08. The van der Waals surface area contributed by atoms with E-state index in [1.165, 1.54) is 27.5 Å². The quantitative estimate of drug-likeness (QED) is 0.241. The van der Waals surface area contributed by atoms with Crippen molar-refractivity contribution in [2.45, 2.75) is 0 Å². The van der Waals surface area contributed by atoms with Gasteiger partial charge in [0.1, 0.15) is 19.9 Å². The van der Waals surface area contributed by atoms with E-state index in [2.05, 4.69) is 4.74 Å². The Kier molecular flexibility index (Phi) is 4.07. The molecule has 1 N–H and O–H groups in total. The third-order valence-electron chi connectivity index (χ3n) is 2.08. The van der Waals surface area contributed by atoms with Crippen molar-refractivity contribution in [1.29, 1.82) is 0 Å². The van der Waals surface area contributed by atoms with Gasteiger partial charge in [0.25, 0.3) is 0 Å². The number of carbonyl (C=O) groups is 1. The van der Waals surface area contributed by atoms with Gasteiger partial charge in [0.2, 0.25) is 5.70 Å². The molecule has 6 heteroatoms. The van der Waals surface area contributed by atoms with E-state index >= 15 is 0 Å². The summed E-state index contributed by atoms with van der Waals surface area (Å²) in [6.07, 6.45) is 4.79. The van der Waals surface area contributed by atoms with Crippen LogP contribution in [-0.4, -0.2) is 54.5 Å². The van der Waals surface area contributed by atoms with Gasteiger partial charge < -0.3 is 9.47 Å². The number of carbonyl (C=O) groups excluding carboxylic acids is 1. The molecule has 0 atom stereocenters. The number of hydrogen-bond acceptors (Lipinski definition) is 5. The third-order valence-corrected chi connectivity index (χ3v) is 2.08. The summed E-state index contributed by atoms with van der Waals surface area (Å²) in [6.45, 7) is 0.477. The van der Waals surface area contributed by atoms with E-state index in [1.807, 2.05) is 6.08 Å². The first-order valence-electron chi connectivity index (χ1n) is 4.66. The lowest BCUT2D eigenvalue weighted by molar-refractivity contribution is -0.468. The minimum atomic E-state index is -0.523. The normalized spacial score (nSPS) is 15.4. The second-order valence-electron chi connectivity index (χ2n) is 3.13. The standard InChI is InChI=1S/C10H15N2O4/c1-11(14)9-5-4-6-12(9)8(7-15-2)10(13)16-3/h4-5,7,14H,6H2,1-3H3/q+1. The Morgan fingerprint density at radius 3 is 2.81 bits per heavy atom. The predicted octanol–water partition coefficient (Wildman–Crippen LogP) is -0.0510. The van der Waals surface area contributed by atoms with Crippen LogP contribution in [0.2, 0.25) is 0 Å². The molecule has 88 valence electrons. The van der Waals surface area contributed by atoms with Crippen molar-refractivity contribution in [1.82, 2.24) is 5.06 Å². The number of rotatable bonds is 3. The average molecular weight is 227 g/mol. The Labute approximate surface area is 93.6 Å². The Hall–Kier alpha value is -1.82. The van der Waals surface area contributed by atoms with Crippen LogP contribution in [0.4, 0.5) is 0 Å². The van der Waals surface area contributed by atoms with E-state index in [4.69, 9.17) is 4.74 Å². The smallest absolute Gasteiger partial charge is 0.381 e. The van der Waals surface area contributed by atoms with Crippen LogP contribution in [-0.2, 0) is 14.3 Å². The molecule has 1 aliphatic heterocycles. The van der Waals surface area contributed by atoms with Crippen molar-refractivity contribution in [3.05, 3.63) is 24.1 Å². The molecule has 6 nitrogen and oxygen atoms in total. The van der Waals surface area contributed by atoms with Gasteiger partial charge in [-0.15, -0.1) is 5.06 Å². The molecule has 0 aliphatic carbocycles. The van der Waals surface area contributed by atoms with Gasteiger partial charge in [-0.25, -0.2) is 14.6 Å². The number of amidine groups is 1. The summed E-state index contributed by atoms with van der Waals surface area (Å²) < 4.78 is 11.0. The first kappa shape index (κ1) is 12.3. The number of esters is 1. The van der Waals surface area contributed by atoms with Crippen LogP contribution in [0.3, 0.4) is 0 Å². The lowest BCUT2D eigenvalue weighted by Gasteiger charge is -2.08. The zero-order valence-corrected chi connectivity index (χ0v) is 9.51. The van der Waals surface area contributed by atoms with Crippen LogP contribution in [0.25, 0.3) is 0 Å². The molecule has 0 bridgehead atoms. The zero-order valence-electron chi connectivity index (χ0n) is 9.51. The van der Waals surface area contributed by atoms with Crippen LogP contribution in [0.15, 0.2) is 24.1 Å². The molecule has 1 aliphatic rings. The van der Waals surface area contributed by atoms with Crippen molar-refractivity contribution in [2.75, 3.05) is 27.8 Å². The monoisotopic (exact) mass is 227 g/mol. The van der Waals surface area contributed by atoms with Gasteiger partial charge in [0.05, 0.1) is 14.2 Å². The molecule has 0 amide bonds. The molecule has 0 spiro atoms. The summed E-state index contributed by atoms with van der Waals surface area (Å²) in [5.74, 6) is -0.0430. The Morgan fingerprint density at radius 2 is 2.31 bits per heavy atom. The van der Waals surface area contributed by atoms with Crippen LogP contribution in [0.5, 0.6) is 0 Å². The molecule has 0 aromatic rings. The summed E-state index contributed by atoms with van der Waals surface area (Å²) in [4.78, 5) is 11.5. The highest BCUT2D eigenvalue weighted by Gasteiger charge is 2.28. The molecule has 1 rings (SSSR count). The number of hydrogen-bond donors (Lipinski definition) is 1. The van der Waals surface area contributed by atoms with Crippen LogP contribution >= 0.6 is 0 Å². The number of methoxy groups -OCH3 is 2. The molecule has 0 fully saturated rings. The predicted molar refractivity (Wildman–Crippen MR) is 55.9 cm³/mol. The van der Waals surface area contributed by atoms with E-state index < -0.39 is 5.97 Å². The number of hydroxylamine groups is 2. The Bertz CT molecular complexity index is 369. The Balaban J connectivity index is 3.10. The van der Waals surface area contributed by atoms with Crippen molar-refractivity contribution < 1.29 is 24.1 Å². The van der Waals surface area contributed by atoms with Crippen molar-refractivity contribution >= 4 is 11.8 Å². The molecule has 0 radical (unpaired) electrons. The lowest BCUT2D eigenvalue weighted by atomic mass is 10.4. The van der Waals surface area contributed by atoms with Gasteiger partial charge in [-0.1, -0.05) is 0 Å². The van der Waals surface area contributed by atoms with E-state index in [-0.39, 0.29) is 5.70 Å². The minimum Gasteiger partial charge on any atom is -0.500 e. The summed E-state index contributed by atoms with van der Waals surface area (Å²) in [6, 6.07) is 0. The van der Waals surface area contributed by atoms with Crippen molar-refractivity contribution in [2.24, 2.45) is 0 Å². The fraction of sp³-hybridized carbons (Fsp3) is 0.400. The third kappa shape index (κ3) is 2.40. The molecule has 0 aromatic heterocycles. The fourth-order valence-corrected chi connectivity index (χ4v) is 1.39. The summed E-state index contributed by atoms with van der Waals surface area (Å²) in [7, 11) is 4.20. The second kappa shape index (κ2) is 5.32. The number of nitrogens with zero attached hydrogens (tertiary/aromatic N) is 2. The molecule has 16 heavy (non-hydrogen) atoms. The zero-order chi connectivity index (χ0) is 12.1. The average Bonchev–Trinajstić information content (AvgIpc) is 2.73. The maximum absolute atomic E-state index is 11.5. The van der Waals surface area contributed by atoms with Crippen LogP contribution < -0.4 is 0 Å². The minimum absolute atomic E-state index is 0.228. The molecule has 0 aromatic carbocycles. The van der Waals surface area contributed by atoms with E-state index in [0.29, 0.717) is 12.4 Å². The van der Waals surface area contributed by atoms with Crippen LogP contribution in [0.1, 0.15) is 0 Å². The molecule has 0 unspecified atom stereocenters. The first-order valence-corrected chi connectivity index (χ1v) is 4.66. The SMILES string of the molecule is COC=C(C(=O)OC)[N+]1=C(N(C)O)C=CC1. The highest BCUT2D eigenvalue weighted by atomic mass is 16.5. The largest absolute Gasteiger partial charge is 0.500 e. The van der Waals surface area contributed by atoms with Crippen LogP contribution in [0, 0.1) is 0 Å².